The highest BCUT2D eigenvalue weighted by atomic mass is 32.1. The largest absolute Gasteiger partial charge is 0.311 e. The van der Waals surface area contributed by atoms with Crippen molar-refractivity contribution in [3.8, 4) is 10.6 Å². The van der Waals surface area contributed by atoms with Crippen LogP contribution in [0.3, 0.4) is 0 Å². The van der Waals surface area contributed by atoms with Crippen molar-refractivity contribution in [3.05, 3.63) is 142 Å². The highest BCUT2D eigenvalue weighted by Crippen LogP contribution is 2.53. The molecule has 0 atom stereocenters. The van der Waals surface area contributed by atoms with Gasteiger partial charge < -0.3 is 9.80 Å². The molecule has 0 radical (unpaired) electrons. The first-order chi connectivity index (χ1) is 32.5. The maximum absolute atomic E-state index is 5.52. The molecule has 0 amide bonds. The van der Waals surface area contributed by atoms with E-state index in [4.69, 9.17) is 4.98 Å². The van der Waals surface area contributed by atoms with Crippen LogP contribution in [0, 0.1) is 0 Å². The van der Waals surface area contributed by atoms with Crippen molar-refractivity contribution in [3.63, 3.8) is 0 Å². The summed E-state index contributed by atoms with van der Waals surface area (Å²) in [6.07, 6.45) is 4.71. The predicted octanol–water partition coefficient (Wildman–Crippen LogP) is 16.6. The van der Waals surface area contributed by atoms with Crippen LogP contribution in [0.15, 0.2) is 103 Å². The molecule has 360 valence electrons. The molecule has 0 saturated heterocycles. The lowest BCUT2D eigenvalue weighted by Gasteiger charge is -2.48. The summed E-state index contributed by atoms with van der Waals surface area (Å²) in [6, 6.07) is 41.6. The quantitative estimate of drug-likeness (QED) is 0.165. The lowest BCUT2D eigenvalue weighted by molar-refractivity contribution is 0.332. The number of nitrogens with zero attached hydrogens (tertiary/aromatic N) is 3. The van der Waals surface area contributed by atoms with E-state index in [9.17, 15) is 0 Å². The van der Waals surface area contributed by atoms with E-state index in [1.54, 1.807) is 0 Å². The topological polar surface area (TPSA) is 19.4 Å². The third-order valence-corrected chi connectivity index (χ3v) is 18.6. The Hall–Kier alpha value is -5.13. The third kappa shape index (κ3) is 7.44. The Morgan fingerprint density at radius 1 is 0.443 bits per heavy atom. The molecule has 0 spiro atoms. The number of thiazole rings is 1. The highest BCUT2D eigenvalue weighted by Gasteiger charge is 2.48. The van der Waals surface area contributed by atoms with E-state index < -0.39 is 0 Å². The number of rotatable bonds is 3. The van der Waals surface area contributed by atoms with Crippen LogP contribution in [0.2, 0.25) is 0 Å². The lowest BCUT2D eigenvalue weighted by atomic mass is 9.33. The monoisotopic (exact) mass is 942 g/mol. The van der Waals surface area contributed by atoms with Gasteiger partial charge in [0.15, 0.2) is 0 Å². The van der Waals surface area contributed by atoms with E-state index >= 15 is 0 Å². The smallest absolute Gasteiger partial charge is 0.252 e. The van der Waals surface area contributed by atoms with Crippen LogP contribution >= 0.6 is 11.3 Å². The Morgan fingerprint density at radius 2 is 0.886 bits per heavy atom. The van der Waals surface area contributed by atoms with Gasteiger partial charge >= 0.3 is 0 Å². The van der Waals surface area contributed by atoms with Crippen molar-refractivity contribution in [2.45, 2.75) is 181 Å². The first-order valence-corrected chi connectivity index (χ1v) is 27.1. The van der Waals surface area contributed by atoms with Crippen molar-refractivity contribution in [1.82, 2.24) is 4.98 Å². The minimum Gasteiger partial charge on any atom is -0.311 e. The maximum atomic E-state index is 5.52. The third-order valence-electron chi connectivity index (χ3n) is 17.5. The number of fused-ring (bicyclic) bond motifs is 7. The second kappa shape index (κ2) is 15.2. The second-order valence-electron chi connectivity index (χ2n) is 27.5. The number of benzene rings is 6. The molecule has 2 aliphatic carbocycles. The summed E-state index contributed by atoms with van der Waals surface area (Å²) >= 11 is 1.82. The molecule has 3 heterocycles. The molecule has 7 aromatic rings. The summed E-state index contributed by atoms with van der Waals surface area (Å²) in [6.45, 7) is 40.8. The van der Waals surface area contributed by atoms with E-state index in [-0.39, 0.29) is 44.6 Å². The van der Waals surface area contributed by atoms with Gasteiger partial charge in [-0.25, -0.2) is 4.98 Å². The molecule has 2 aliphatic heterocycles. The Morgan fingerprint density at radius 3 is 1.43 bits per heavy atom. The van der Waals surface area contributed by atoms with Crippen LogP contribution in [0.4, 0.5) is 34.1 Å². The van der Waals surface area contributed by atoms with E-state index in [1.807, 2.05) is 11.3 Å². The first-order valence-electron chi connectivity index (χ1n) is 26.3. The van der Waals surface area contributed by atoms with Crippen molar-refractivity contribution in [2.75, 3.05) is 9.80 Å². The Balaban J connectivity index is 1.25. The predicted molar refractivity (Wildman–Crippen MR) is 306 cm³/mol. The second-order valence-corrected chi connectivity index (χ2v) is 28.6. The van der Waals surface area contributed by atoms with Gasteiger partial charge in [-0.2, -0.15) is 0 Å². The molecular weight excluding hydrogens is 866 g/mol. The van der Waals surface area contributed by atoms with E-state index in [0.717, 1.165) is 10.5 Å². The van der Waals surface area contributed by atoms with Crippen LogP contribution in [0.25, 0.3) is 20.8 Å². The highest BCUT2D eigenvalue weighted by molar-refractivity contribution is 7.21. The van der Waals surface area contributed by atoms with Gasteiger partial charge in [0.1, 0.15) is 5.01 Å². The van der Waals surface area contributed by atoms with E-state index in [0.29, 0.717) is 0 Å². The molecule has 1 aromatic heterocycles. The van der Waals surface area contributed by atoms with Gasteiger partial charge in [-0.3, -0.25) is 0 Å². The van der Waals surface area contributed by atoms with Crippen LogP contribution in [0.5, 0.6) is 0 Å². The van der Waals surface area contributed by atoms with Gasteiger partial charge in [0.05, 0.1) is 10.2 Å². The zero-order chi connectivity index (χ0) is 50.0. The average molecular weight is 942 g/mol. The Bertz CT molecular complexity index is 3270. The van der Waals surface area contributed by atoms with Gasteiger partial charge in [-0.05, 0) is 174 Å². The molecule has 0 saturated carbocycles. The average Bonchev–Trinajstić information content (AvgIpc) is 3.70. The molecule has 11 rings (SSSR count). The summed E-state index contributed by atoms with van der Waals surface area (Å²) in [7, 11) is 0. The first kappa shape index (κ1) is 47.2. The zero-order valence-corrected chi connectivity index (χ0v) is 46.3. The van der Waals surface area contributed by atoms with Crippen molar-refractivity contribution in [2.24, 2.45) is 0 Å². The van der Waals surface area contributed by atoms with Crippen molar-refractivity contribution in [1.29, 1.82) is 0 Å². The molecule has 0 fully saturated rings. The summed E-state index contributed by atoms with van der Waals surface area (Å²) in [5.41, 5.74) is 24.2. The molecule has 6 aromatic carbocycles. The van der Waals surface area contributed by atoms with Gasteiger partial charge in [0.25, 0.3) is 6.71 Å². The van der Waals surface area contributed by atoms with E-state index in [2.05, 4.69) is 231 Å². The normalized spacial score (nSPS) is 18.5. The van der Waals surface area contributed by atoms with Gasteiger partial charge in [-0.1, -0.05) is 166 Å². The van der Waals surface area contributed by atoms with Crippen LogP contribution in [-0.4, -0.2) is 11.7 Å². The van der Waals surface area contributed by atoms with Gasteiger partial charge in [0, 0.05) is 39.7 Å². The zero-order valence-electron chi connectivity index (χ0n) is 45.5. The van der Waals surface area contributed by atoms with E-state index in [1.165, 1.54) is 125 Å². The number of hydrogen-bond acceptors (Lipinski definition) is 4. The van der Waals surface area contributed by atoms with Gasteiger partial charge in [-0.15, -0.1) is 11.3 Å². The Labute approximate surface area is 425 Å². The molecule has 0 unspecified atom stereocenters. The minimum atomic E-state index is -0.113. The van der Waals surface area contributed by atoms with Crippen LogP contribution in [-0.2, 0) is 37.9 Å². The fourth-order valence-electron chi connectivity index (χ4n) is 12.5. The fourth-order valence-corrected chi connectivity index (χ4v) is 13.5. The molecule has 5 heteroatoms. The molecule has 70 heavy (non-hydrogen) atoms. The fraction of sp³-hybridized carbons (Fsp3) is 0.431. The molecule has 0 N–H and O–H groups in total. The van der Waals surface area contributed by atoms with Crippen molar-refractivity contribution >= 4 is 78.8 Å². The summed E-state index contributed by atoms with van der Waals surface area (Å²) in [5, 5.41) is 1.07. The molecule has 4 aliphatic rings. The lowest BCUT2D eigenvalue weighted by Crippen LogP contribution is -2.62. The van der Waals surface area contributed by atoms with Gasteiger partial charge in [0.2, 0.25) is 0 Å². The van der Waals surface area contributed by atoms with Crippen LogP contribution < -0.4 is 26.2 Å². The number of hydrogen-bond donors (Lipinski definition) is 0. The number of anilines is 6. The molecule has 3 nitrogen and oxygen atoms in total. The number of aromatic nitrogens is 1. The van der Waals surface area contributed by atoms with Crippen molar-refractivity contribution < 1.29 is 0 Å². The van der Waals surface area contributed by atoms with Crippen LogP contribution in [0.1, 0.15) is 182 Å². The summed E-state index contributed by atoms with van der Waals surface area (Å²) < 4.78 is 1.21. The minimum absolute atomic E-state index is 0.00914. The SMILES string of the molecule is CC(C)(C)c1ccc(-c2nc3cc4c(cc3s2)N(c2ccc(C(C)(C)C)cc2)c2cc(C(C)(C)C)cc3c2B4c2cc4c(cc2N3c2ccc3c(c2)C(C)(C)CCC3(C)C)C(C)(C)CCC4(C)C)cc1. The molecule has 0 bridgehead atoms. The summed E-state index contributed by atoms with van der Waals surface area (Å²) in [5.74, 6) is 0. The Kier molecular flexibility index (Phi) is 10.3. The maximum Gasteiger partial charge on any atom is 0.252 e. The molecular formula is C65H76BN3S. The summed E-state index contributed by atoms with van der Waals surface area (Å²) in [4.78, 5) is 10.8. The standard InChI is InChI=1S/C65H76BN3S/c1-59(2,3)40-20-18-39(19-21-40)58-67-51-37-50-53(38-56(51)70-58)68(43-24-22-41(23-25-43)60(4,5)6)54-32-42(61(7,8)9)33-55-57(54)66(50)49-35-47-48(65(16,17)31-30-64(47,14)15)36-52(49)69(55)44-26-27-45-46(34-44)63(12,13)29-28-62(45,10)11/h18-27,32-38H,28-31H2,1-17H3.